The van der Waals surface area contributed by atoms with Crippen molar-refractivity contribution in [3.05, 3.63) is 36.0 Å². The number of ether oxygens (including phenoxy) is 1. The van der Waals surface area contributed by atoms with E-state index in [4.69, 9.17) is 15.0 Å². The molecule has 0 spiro atoms. The van der Waals surface area contributed by atoms with Crippen molar-refractivity contribution < 1.29 is 9.26 Å². The van der Waals surface area contributed by atoms with Gasteiger partial charge in [-0.25, -0.2) is 0 Å². The van der Waals surface area contributed by atoms with Crippen LogP contribution in [0.25, 0.3) is 0 Å². The first-order chi connectivity index (χ1) is 11.1. The molecule has 7 nitrogen and oxygen atoms in total. The summed E-state index contributed by atoms with van der Waals surface area (Å²) in [5, 5.41) is 6.96. The normalized spacial score (nSPS) is 11.2. The van der Waals surface area contributed by atoms with Crippen LogP contribution in [0.5, 0.6) is 5.75 Å². The number of hydrogen-bond acceptors (Lipinski definition) is 5. The molecule has 1 aromatic heterocycles. The Morgan fingerprint density at radius 3 is 2.62 bits per heavy atom. The number of nitrogens with two attached hydrogens (primary N) is 1. The smallest absolute Gasteiger partial charge is 0.226 e. The van der Waals surface area contributed by atoms with Crippen LogP contribution in [0.1, 0.15) is 37.9 Å². The number of hydrogen-bond donors (Lipinski definition) is 2. The molecule has 2 aromatic rings. The molecule has 132 valence electrons. The molecule has 0 unspecified atom stereocenters. The number of guanidine groups is 1. The lowest BCUT2D eigenvalue weighted by Crippen LogP contribution is -2.22. The van der Waals surface area contributed by atoms with Crippen molar-refractivity contribution in [2.45, 2.75) is 32.6 Å². The molecular weight excluding hydrogens is 421 g/mol. The van der Waals surface area contributed by atoms with Crippen LogP contribution in [0.15, 0.2) is 33.8 Å². The van der Waals surface area contributed by atoms with E-state index in [2.05, 4.69) is 20.4 Å². The summed E-state index contributed by atoms with van der Waals surface area (Å²) >= 11 is 0. The van der Waals surface area contributed by atoms with E-state index in [0.29, 0.717) is 24.8 Å². The van der Waals surface area contributed by atoms with Gasteiger partial charge in [0.2, 0.25) is 5.89 Å². The lowest BCUT2D eigenvalue weighted by molar-refractivity contribution is 0.369. The van der Waals surface area contributed by atoms with Crippen LogP contribution in [-0.2, 0) is 6.42 Å². The van der Waals surface area contributed by atoms with Crippen molar-refractivity contribution >= 4 is 35.6 Å². The van der Waals surface area contributed by atoms with E-state index in [-0.39, 0.29) is 29.9 Å². The van der Waals surface area contributed by atoms with Gasteiger partial charge in [0, 0.05) is 24.6 Å². The van der Waals surface area contributed by atoms with Crippen molar-refractivity contribution in [1.29, 1.82) is 0 Å². The predicted molar refractivity (Wildman–Crippen MR) is 105 cm³/mol. The summed E-state index contributed by atoms with van der Waals surface area (Å²) in [4.78, 5) is 8.61. The first-order valence-corrected chi connectivity index (χ1v) is 7.62. The second-order valence-corrected chi connectivity index (χ2v) is 5.43. The van der Waals surface area contributed by atoms with E-state index in [0.717, 1.165) is 23.7 Å². The molecule has 0 radical (unpaired) electrons. The molecular formula is C16H24IN5O2. The zero-order valence-electron chi connectivity index (χ0n) is 14.2. The summed E-state index contributed by atoms with van der Waals surface area (Å²) in [6.45, 7) is 4.66. The Kier molecular flexibility index (Phi) is 8.51. The minimum absolute atomic E-state index is 0. The van der Waals surface area contributed by atoms with Crippen molar-refractivity contribution in [2.24, 2.45) is 10.7 Å². The number of nitrogens with zero attached hydrogens (tertiary/aromatic N) is 3. The van der Waals surface area contributed by atoms with Gasteiger partial charge in [0.1, 0.15) is 5.75 Å². The Hall–Kier alpha value is -1.84. The van der Waals surface area contributed by atoms with Gasteiger partial charge in [0.15, 0.2) is 11.8 Å². The minimum Gasteiger partial charge on any atom is -0.497 e. The molecule has 0 saturated carbocycles. The summed E-state index contributed by atoms with van der Waals surface area (Å²) in [7, 11) is 1.63. The zero-order valence-corrected chi connectivity index (χ0v) is 16.5. The first kappa shape index (κ1) is 20.2. The Bertz CT molecular complexity index is 640. The number of aryl methyl sites for hydroxylation is 1. The van der Waals surface area contributed by atoms with Crippen LogP contribution in [0.3, 0.4) is 0 Å². The van der Waals surface area contributed by atoms with Crippen molar-refractivity contribution in [3.63, 3.8) is 0 Å². The third-order valence-electron chi connectivity index (χ3n) is 3.19. The highest BCUT2D eigenvalue weighted by Crippen LogP contribution is 2.14. The number of rotatable bonds is 7. The SMILES string of the molecule is COc1ccc(NC(N)=NCCCc2nc(C(C)C)no2)cc1.I. The van der Waals surface area contributed by atoms with Crippen LogP contribution in [-0.4, -0.2) is 29.8 Å². The summed E-state index contributed by atoms with van der Waals surface area (Å²) in [6.07, 6.45) is 1.49. The lowest BCUT2D eigenvalue weighted by Gasteiger charge is -2.06. The van der Waals surface area contributed by atoms with Crippen molar-refractivity contribution in [3.8, 4) is 5.75 Å². The molecule has 2 rings (SSSR count). The third kappa shape index (κ3) is 6.34. The number of methoxy groups -OCH3 is 1. The van der Waals surface area contributed by atoms with Gasteiger partial charge >= 0.3 is 0 Å². The monoisotopic (exact) mass is 445 g/mol. The second kappa shape index (κ2) is 10.1. The van der Waals surface area contributed by atoms with Crippen LogP contribution in [0, 0.1) is 0 Å². The average Bonchev–Trinajstić information content (AvgIpc) is 3.01. The lowest BCUT2D eigenvalue weighted by atomic mass is 10.2. The van der Waals surface area contributed by atoms with Gasteiger partial charge in [-0.3, -0.25) is 4.99 Å². The fraction of sp³-hybridized carbons (Fsp3) is 0.438. The van der Waals surface area contributed by atoms with Gasteiger partial charge in [-0.2, -0.15) is 4.98 Å². The topological polar surface area (TPSA) is 98.6 Å². The van der Waals surface area contributed by atoms with E-state index < -0.39 is 0 Å². The number of nitrogens with one attached hydrogen (secondary N) is 1. The van der Waals surface area contributed by atoms with Gasteiger partial charge < -0.3 is 20.3 Å². The van der Waals surface area contributed by atoms with Gasteiger partial charge in [-0.15, -0.1) is 24.0 Å². The fourth-order valence-electron chi connectivity index (χ4n) is 1.90. The van der Waals surface area contributed by atoms with Gasteiger partial charge in [-0.1, -0.05) is 19.0 Å². The summed E-state index contributed by atoms with van der Waals surface area (Å²) < 4.78 is 10.3. The van der Waals surface area contributed by atoms with E-state index in [1.54, 1.807) is 7.11 Å². The van der Waals surface area contributed by atoms with Crippen molar-refractivity contribution in [1.82, 2.24) is 10.1 Å². The highest BCUT2D eigenvalue weighted by molar-refractivity contribution is 14.0. The molecule has 3 N–H and O–H groups in total. The van der Waals surface area contributed by atoms with Crippen LogP contribution < -0.4 is 15.8 Å². The minimum atomic E-state index is 0. The molecule has 0 saturated heterocycles. The Morgan fingerprint density at radius 2 is 2.04 bits per heavy atom. The molecule has 8 heteroatoms. The molecule has 0 fully saturated rings. The average molecular weight is 445 g/mol. The fourth-order valence-corrected chi connectivity index (χ4v) is 1.90. The first-order valence-electron chi connectivity index (χ1n) is 7.62. The number of halogens is 1. The molecule has 0 bridgehead atoms. The van der Waals surface area contributed by atoms with Crippen LogP contribution >= 0.6 is 24.0 Å². The van der Waals surface area contributed by atoms with Crippen LogP contribution in [0.4, 0.5) is 5.69 Å². The molecule has 0 atom stereocenters. The summed E-state index contributed by atoms with van der Waals surface area (Å²) in [6, 6.07) is 7.48. The molecule has 1 aromatic carbocycles. The van der Waals surface area contributed by atoms with Gasteiger partial charge in [0.05, 0.1) is 7.11 Å². The van der Waals surface area contributed by atoms with Gasteiger partial charge in [0.25, 0.3) is 0 Å². The van der Waals surface area contributed by atoms with Gasteiger partial charge in [-0.05, 0) is 30.7 Å². The van der Waals surface area contributed by atoms with E-state index in [9.17, 15) is 0 Å². The highest BCUT2D eigenvalue weighted by Gasteiger charge is 2.08. The maximum Gasteiger partial charge on any atom is 0.226 e. The quantitative estimate of drug-likeness (QED) is 0.294. The molecule has 0 aliphatic carbocycles. The predicted octanol–water partition coefficient (Wildman–Crippen LogP) is 3.18. The highest BCUT2D eigenvalue weighted by atomic mass is 127. The summed E-state index contributed by atoms with van der Waals surface area (Å²) in [5.41, 5.74) is 6.72. The second-order valence-electron chi connectivity index (χ2n) is 5.43. The van der Waals surface area contributed by atoms with Crippen LogP contribution in [0.2, 0.25) is 0 Å². The molecule has 24 heavy (non-hydrogen) atoms. The Morgan fingerprint density at radius 1 is 1.33 bits per heavy atom. The number of aliphatic imine (C=N–C) groups is 1. The Balaban J connectivity index is 0.00000288. The third-order valence-corrected chi connectivity index (χ3v) is 3.19. The standard InChI is InChI=1S/C16H23N5O2.HI/c1-11(2)15-20-14(23-21-15)5-4-10-18-16(17)19-12-6-8-13(22-3)9-7-12;/h6-9,11H,4-5,10H2,1-3H3,(H3,17,18,19);1H. The summed E-state index contributed by atoms with van der Waals surface area (Å²) in [5.74, 6) is 2.83. The molecule has 0 aliphatic rings. The molecule has 0 amide bonds. The number of anilines is 1. The van der Waals surface area contributed by atoms with E-state index in [1.165, 1.54) is 0 Å². The number of benzene rings is 1. The van der Waals surface area contributed by atoms with E-state index in [1.807, 2.05) is 38.1 Å². The number of aromatic nitrogens is 2. The molecule has 0 aliphatic heterocycles. The maximum atomic E-state index is 5.86. The maximum absolute atomic E-state index is 5.86. The largest absolute Gasteiger partial charge is 0.497 e. The molecule has 1 heterocycles. The van der Waals surface area contributed by atoms with Crippen molar-refractivity contribution in [2.75, 3.05) is 19.0 Å². The Labute approximate surface area is 159 Å². The zero-order chi connectivity index (χ0) is 16.7. The van der Waals surface area contributed by atoms with E-state index >= 15 is 0 Å².